The molecule has 0 aliphatic carbocycles. The maximum atomic E-state index is 4.88. The first-order valence-corrected chi connectivity index (χ1v) is 9.82. The van der Waals surface area contributed by atoms with E-state index in [1.807, 2.05) is 36.7 Å². The molecule has 0 aliphatic heterocycles. The maximum Gasteiger partial charge on any atom is 0.206 e. The molecule has 0 saturated heterocycles. The van der Waals surface area contributed by atoms with Crippen molar-refractivity contribution in [3.8, 4) is 11.3 Å². The topological polar surface area (TPSA) is 42.5 Å². The van der Waals surface area contributed by atoms with Crippen molar-refractivity contribution in [1.82, 2.24) is 9.66 Å². The Morgan fingerprint density at radius 2 is 1.85 bits per heavy atom. The number of aromatic nitrogens is 2. The third-order valence-electron chi connectivity index (χ3n) is 4.33. The van der Waals surface area contributed by atoms with Gasteiger partial charge in [0, 0.05) is 23.7 Å². The van der Waals surface area contributed by atoms with E-state index in [4.69, 9.17) is 5.10 Å². The van der Waals surface area contributed by atoms with Crippen molar-refractivity contribution in [3.63, 3.8) is 0 Å². The van der Waals surface area contributed by atoms with Gasteiger partial charge in [-0.25, -0.2) is 4.68 Å². The lowest BCUT2D eigenvalue weighted by Gasteiger charge is -2.09. The number of pyridine rings is 1. The molecule has 27 heavy (non-hydrogen) atoms. The van der Waals surface area contributed by atoms with Crippen LogP contribution in [0, 0.1) is 0 Å². The van der Waals surface area contributed by atoms with Gasteiger partial charge in [0.1, 0.15) is 0 Å². The Morgan fingerprint density at radius 1 is 1.04 bits per heavy atom. The summed E-state index contributed by atoms with van der Waals surface area (Å²) in [6.07, 6.45) is 1.79. The van der Waals surface area contributed by atoms with Gasteiger partial charge in [-0.05, 0) is 36.8 Å². The fraction of sp³-hybridized carbons (Fsp3) is 0.136. The molecule has 0 bridgehead atoms. The first-order chi connectivity index (χ1) is 13.3. The Hall–Kier alpha value is -3.05. The van der Waals surface area contributed by atoms with Crippen molar-refractivity contribution in [3.05, 3.63) is 82.7 Å². The highest BCUT2D eigenvalue weighted by Crippen LogP contribution is 2.29. The summed E-state index contributed by atoms with van der Waals surface area (Å²) >= 11 is 1.61. The molecule has 0 aliphatic rings. The minimum Gasteiger partial charge on any atom is -0.258 e. The molecule has 0 unspecified atom stereocenters. The molecule has 4 rings (SSSR count). The SMILES string of the molecule is CCN=c1scc(-c2cccc3ccccc23)n1N=C(C)c1ccccn1. The molecule has 0 fully saturated rings. The molecule has 4 aromatic rings. The Balaban J connectivity index is 1.94. The van der Waals surface area contributed by atoms with E-state index in [0.717, 1.165) is 27.5 Å². The van der Waals surface area contributed by atoms with E-state index in [0.29, 0.717) is 6.54 Å². The Morgan fingerprint density at radius 3 is 2.67 bits per heavy atom. The molecule has 134 valence electrons. The van der Waals surface area contributed by atoms with Crippen LogP contribution >= 0.6 is 11.3 Å². The van der Waals surface area contributed by atoms with Crippen molar-refractivity contribution in [1.29, 1.82) is 0 Å². The summed E-state index contributed by atoms with van der Waals surface area (Å²) in [5.74, 6) is 0. The average Bonchev–Trinajstić information content (AvgIpc) is 3.10. The fourth-order valence-corrected chi connectivity index (χ4v) is 3.94. The van der Waals surface area contributed by atoms with Gasteiger partial charge in [-0.15, -0.1) is 11.3 Å². The lowest BCUT2D eigenvalue weighted by Crippen LogP contribution is -2.15. The van der Waals surface area contributed by atoms with Crippen LogP contribution in [0.5, 0.6) is 0 Å². The first kappa shape index (κ1) is 17.4. The van der Waals surface area contributed by atoms with Crippen LogP contribution in [0.4, 0.5) is 0 Å². The Labute approximate surface area is 162 Å². The first-order valence-electron chi connectivity index (χ1n) is 8.94. The van der Waals surface area contributed by atoms with Crippen LogP contribution in [0.15, 0.2) is 82.3 Å². The second kappa shape index (κ2) is 7.68. The summed E-state index contributed by atoms with van der Waals surface area (Å²) in [5.41, 5.74) is 3.91. The maximum absolute atomic E-state index is 4.88. The molecule has 5 heteroatoms. The normalized spacial score (nSPS) is 12.7. The molecule has 0 amide bonds. The van der Waals surface area contributed by atoms with Crippen molar-refractivity contribution in [2.75, 3.05) is 6.54 Å². The molecule has 0 spiro atoms. The fourth-order valence-electron chi connectivity index (χ4n) is 3.05. The van der Waals surface area contributed by atoms with Crippen molar-refractivity contribution < 1.29 is 0 Å². The van der Waals surface area contributed by atoms with E-state index in [1.54, 1.807) is 17.5 Å². The second-order valence-corrected chi connectivity index (χ2v) is 6.95. The summed E-state index contributed by atoms with van der Waals surface area (Å²) in [5, 5.41) is 9.43. The Kier molecular flexibility index (Phi) is 4.94. The molecule has 0 radical (unpaired) electrons. The zero-order valence-electron chi connectivity index (χ0n) is 15.3. The van der Waals surface area contributed by atoms with Gasteiger partial charge in [-0.2, -0.15) is 5.10 Å². The number of fused-ring (bicyclic) bond motifs is 1. The zero-order chi connectivity index (χ0) is 18.6. The van der Waals surface area contributed by atoms with Crippen molar-refractivity contribution in [2.24, 2.45) is 10.1 Å². The largest absolute Gasteiger partial charge is 0.258 e. The number of benzene rings is 2. The van der Waals surface area contributed by atoms with E-state index < -0.39 is 0 Å². The van der Waals surface area contributed by atoms with Gasteiger partial charge in [-0.1, -0.05) is 48.5 Å². The van der Waals surface area contributed by atoms with Gasteiger partial charge >= 0.3 is 0 Å². The van der Waals surface area contributed by atoms with E-state index in [9.17, 15) is 0 Å². The van der Waals surface area contributed by atoms with Gasteiger partial charge in [0.25, 0.3) is 0 Å². The summed E-state index contributed by atoms with van der Waals surface area (Å²) in [6, 6.07) is 20.6. The lowest BCUT2D eigenvalue weighted by molar-refractivity contribution is 0.827. The van der Waals surface area contributed by atoms with E-state index in [1.165, 1.54) is 10.8 Å². The molecule has 2 heterocycles. The zero-order valence-corrected chi connectivity index (χ0v) is 16.1. The van der Waals surface area contributed by atoms with Gasteiger partial charge in [0.15, 0.2) is 0 Å². The second-order valence-electron chi connectivity index (χ2n) is 6.12. The van der Waals surface area contributed by atoms with Crippen molar-refractivity contribution in [2.45, 2.75) is 13.8 Å². The third kappa shape index (κ3) is 3.46. The van der Waals surface area contributed by atoms with Crippen LogP contribution in [0.1, 0.15) is 19.5 Å². The predicted octanol–water partition coefficient (Wildman–Crippen LogP) is 4.96. The van der Waals surface area contributed by atoms with Crippen LogP contribution in [0.25, 0.3) is 22.0 Å². The number of rotatable bonds is 4. The van der Waals surface area contributed by atoms with Gasteiger partial charge < -0.3 is 0 Å². The highest BCUT2D eigenvalue weighted by Gasteiger charge is 2.11. The van der Waals surface area contributed by atoms with Crippen molar-refractivity contribution >= 4 is 27.8 Å². The lowest BCUT2D eigenvalue weighted by atomic mass is 10.0. The molecule has 4 nitrogen and oxygen atoms in total. The number of thiazole rings is 1. The molecule has 2 aromatic heterocycles. The monoisotopic (exact) mass is 372 g/mol. The third-order valence-corrected chi connectivity index (χ3v) is 5.18. The summed E-state index contributed by atoms with van der Waals surface area (Å²) < 4.78 is 1.94. The Bertz CT molecular complexity index is 1160. The van der Waals surface area contributed by atoms with E-state index in [2.05, 4.69) is 57.8 Å². The summed E-state index contributed by atoms with van der Waals surface area (Å²) in [6.45, 7) is 4.74. The van der Waals surface area contributed by atoms with Crippen LogP contribution in [-0.2, 0) is 0 Å². The highest BCUT2D eigenvalue weighted by atomic mass is 32.1. The van der Waals surface area contributed by atoms with Crippen LogP contribution in [0.2, 0.25) is 0 Å². The van der Waals surface area contributed by atoms with E-state index >= 15 is 0 Å². The molecule has 0 atom stereocenters. The average molecular weight is 372 g/mol. The molecular formula is C22H20N4S. The minimum atomic E-state index is 0.716. The van der Waals surface area contributed by atoms with E-state index in [-0.39, 0.29) is 0 Å². The molecule has 0 N–H and O–H groups in total. The predicted molar refractivity (Wildman–Crippen MR) is 113 cm³/mol. The number of hydrogen-bond donors (Lipinski definition) is 0. The molecular weight excluding hydrogens is 352 g/mol. The summed E-state index contributed by atoms with van der Waals surface area (Å²) in [4.78, 5) is 9.93. The highest BCUT2D eigenvalue weighted by molar-refractivity contribution is 7.07. The van der Waals surface area contributed by atoms with Crippen LogP contribution < -0.4 is 4.80 Å². The van der Waals surface area contributed by atoms with Gasteiger partial charge in [0.2, 0.25) is 4.80 Å². The molecule has 2 aromatic carbocycles. The quantitative estimate of drug-likeness (QED) is 0.467. The van der Waals surface area contributed by atoms with Crippen LogP contribution in [-0.4, -0.2) is 21.9 Å². The van der Waals surface area contributed by atoms with Gasteiger partial charge in [0.05, 0.1) is 17.1 Å². The minimum absolute atomic E-state index is 0.716. The number of hydrogen-bond acceptors (Lipinski definition) is 4. The number of nitrogens with zero attached hydrogens (tertiary/aromatic N) is 4. The van der Waals surface area contributed by atoms with Crippen LogP contribution in [0.3, 0.4) is 0 Å². The molecule has 0 saturated carbocycles. The van der Waals surface area contributed by atoms with Gasteiger partial charge in [-0.3, -0.25) is 9.98 Å². The standard InChI is InChI=1S/C22H20N4S/c1-3-23-22-26(25-16(2)20-13-6-7-14-24-20)21(15-27-22)19-12-8-10-17-9-4-5-11-18(17)19/h4-15H,3H2,1-2H3. The summed E-state index contributed by atoms with van der Waals surface area (Å²) in [7, 11) is 0. The smallest absolute Gasteiger partial charge is 0.206 e.